The van der Waals surface area contributed by atoms with E-state index in [2.05, 4.69) is 71.6 Å². The number of ether oxygens (including phenoxy) is 1. The molecule has 140 valence electrons. The van der Waals surface area contributed by atoms with Crippen LogP contribution in [0.15, 0.2) is 66.7 Å². The summed E-state index contributed by atoms with van der Waals surface area (Å²) in [6.07, 6.45) is 9.73. The number of hydrogen-bond acceptors (Lipinski definition) is 2. The van der Waals surface area contributed by atoms with Gasteiger partial charge in [0, 0.05) is 19.6 Å². The molecule has 0 spiro atoms. The van der Waals surface area contributed by atoms with Crippen LogP contribution in [0.25, 0.3) is 11.1 Å². The van der Waals surface area contributed by atoms with Crippen LogP contribution in [-0.2, 0) is 0 Å². The predicted molar refractivity (Wildman–Crippen MR) is 114 cm³/mol. The molecule has 2 aliphatic rings. The summed E-state index contributed by atoms with van der Waals surface area (Å²) in [7, 11) is 1.72. The maximum Gasteiger partial charge on any atom is 0.118 e. The maximum atomic E-state index is 5.29. The smallest absolute Gasteiger partial charge is 0.118 e. The molecule has 0 fully saturated rings. The van der Waals surface area contributed by atoms with E-state index in [0.29, 0.717) is 0 Å². The molecule has 1 heterocycles. The lowest BCUT2D eigenvalue weighted by Crippen LogP contribution is -2.33. The molecule has 1 atom stereocenters. The predicted octanol–water partition coefficient (Wildman–Crippen LogP) is 5.67. The van der Waals surface area contributed by atoms with E-state index in [0.717, 1.165) is 24.6 Å². The van der Waals surface area contributed by atoms with Gasteiger partial charge in [0.15, 0.2) is 0 Å². The third kappa shape index (κ3) is 4.51. The Morgan fingerprint density at radius 1 is 0.926 bits per heavy atom. The molecule has 1 aliphatic carbocycles. The van der Waals surface area contributed by atoms with Crippen molar-refractivity contribution in [1.29, 1.82) is 0 Å². The van der Waals surface area contributed by atoms with Crippen molar-refractivity contribution in [3.63, 3.8) is 0 Å². The summed E-state index contributed by atoms with van der Waals surface area (Å²) >= 11 is 0. The van der Waals surface area contributed by atoms with Gasteiger partial charge < -0.3 is 4.74 Å². The van der Waals surface area contributed by atoms with E-state index in [1.54, 1.807) is 7.11 Å². The molecule has 0 bridgehead atoms. The van der Waals surface area contributed by atoms with Crippen LogP contribution in [0.2, 0.25) is 0 Å². The lowest BCUT2D eigenvalue weighted by molar-refractivity contribution is 0.244. The number of nitrogens with zero attached hydrogens (tertiary/aromatic N) is 1. The molecule has 2 aromatic rings. The van der Waals surface area contributed by atoms with Crippen LogP contribution in [0, 0.1) is 5.92 Å². The van der Waals surface area contributed by atoms with E-state index in [4.69, 9.17) is 4.74 Å². The van der Waals surface area contributed by atoms with Gasteiger partial charge in [0.05, 0.1) is 7.11 Å². The highest BCUT2D eigenvalue weighted by Crippen LogP contribution is 2.33. The van der Waals surface area contributed by atoms with E-state index < -0.39 is 0 Å². The second-order valence-electron chi connectivity index (χ2n) is 7.71. The van der Waals surface area contributed by atoms with Crippen molar-refractivity contribution in [2.75, 3.05) is 26.7 Å². The van der Waals surface area contributed by atoms with Crippen LogP contribution in [0.1, 0.15) is 36.8 Å². The minimum absolute atomic E-state index is 0.763. The summed E-state index contributed by atoms with van der Waals surface area (Å²) in [5.74, 6) is 1.69. The molecule has 2 heteroatoms. The van der Waals surface area contributed by atoms with E-state index in [1.165, 1.54) is 54.6 Å². The number of hydrogen-bond donors (Lipinski definition) is 0. The van der Waals surface area contributed by atoms with Gasteiger partial charge in [-0.2, -0.15) is 0 Å². The van der Waals surface area contributed by atoms with Gasteiger partial charge in [-0.05, 0) is 66.0 Å². The fraction of sp³-hybridized carbons (Fsp3) is 0.360. The van der Waals surface area contributed by atoms with Gasteiger partial charge in [-0.25, -0.2) is 0 Å². The van der Waals surface area contributed by atoms with Crippen molar-refractivity contribution in [3.05, 3.63) is 77.9 Å². The molecule has 0 radical (unpaired) electrons. The van der Waals surface area contributed by atoms with E-state index in [1.807, 2.05) is 0 Å². The average Bonchev–Trinajstić information content (AvgIpc) is 2.75. The zero-order valence-corrected chi connectivity index (χ0v) is 16.2. The molecule has 4 rings (SSSR count). The van der Waals surface area contributed by atoms with Gasteiger partial charge in [0.1, 0.15) is 5.75 Å². The molecule has 2 aromatic carbocycles. The van der Waals surface area contributed by atoms with Crippen LogP contribution >= 0.6 is 0 Å². The summed E-state index contributed by atoms with van der Waals surface area (Å²) in [6, 6.07) is 19.4. The Bertz CT molecular complexity index is 804. The van der Waals surface area contributed by atoms with Crippen LogP contribution in [0.3, 0.4) is 0 Å². The zero-order valence-electron chi connectivity index (χ0n) is 16.2. The third-order valence-electron chi connectivity index (χ3n) is 5.89. The summed E-state index contributed by atoms with van der Waals surface area (Å²) in [6.45, 7) is 3.48. The molecule has 27 heavy (non-hydrogen) atoms. The van der Waals surface area contributed by atoms with E-state index >= 15 is 0 Å². The fourth-order valence-electron chi connectivity index (χ4n) is 4.34. The lowest BCUT2D eigenvalue weighted by atomic mass is 9.85. The quantitative estimate of drug-likeness (QED) is 0.682. The number of allylic oxidation sites excluding steroid dienone is 2. The average molecular weight is 360 g/mol. The first-order valence-corrected chi connectivity index (χ1v) is 10.1. The Labute approximate surface area is 163 Å². The number of methoxy groups -OCH3 is 1. The van der Waals surface area contributed by atoms with Crippen molar-refractivity contribution in [2.45, 2.75) is 25.7 Å². The first-order chi connectivity index (χ1) is 13.3. The lowest BCUT2D eigenvalue weighted by Gasteiger charge is -2.32. The van der Waals surface area contributed by atoms with Crippen molar-refractivity contribution in [2.24, 2.45) is 5.92 Å². The monoisotopic (exact) mass is 359 g/mol. The van der Waals surface area contributed by atoms with Crippen LogP contribution in [0.4, 0.5) is 0 Å². The second-order valence-corrected chi connectivity index (χ2v) is 7.71. The van der Waals surface area contributed by atoms with E-state index in [9.17, 15) is 0 Å². The summed E-state index contributed by atoms with van der Waals surface area (Å²) < 4.78 is 5.29. The van der Waals surface area contributed by atoms with Gasteiger partial charge in [-0.15, -0.1) is 0 Å². The maximum absolute atomic E-state index is 5.29. The Morgan fingerprint density at radius 3 is 2.41 bits per heavy atom. The van der Waals surface area contributed by atoms with Crippen molar-refractivity contribution in [1.82, 2.24) is 4.90 Å². The van der Waals surface area contributed by atoms with Crippen LogP contribution in [-0.4, -0.2) is 31.6 Å². The second kappa shape index (κ2) is 8.58. The topological polar surface area (TPSA) is 12.5 Å². The number of rotatable bonds is 5. The zero-order chi connectivity index (χ0) is 18.5. The third-order valence-corrected chi connectivity index (χ3v) is 5.89. The van der Waals surface area contributed by atoms with Gasteiger partial charge in [-0.3, -0.25) is 4.90 Å². The van der Waals surface area contributed by atoms with Crippen LogP contribution in [0.5, 0.6) is 5.75 Å². The van der Waals surface area contributed by atoms with Gasteiger partial charge in [0.25, 0.3) is 0 Å². The molecule has 1 unspecified atom stereocenters. The van der Waals surface area contributed by atoms with Crippen molar-refractivity contribution in [3.8, 4) is 5.75 Å². The molecule has 1 aliphatic heterocycles. The minimum atomic E-state index is 0.763. The number of benzene rings is 2. The molecule has 0 saturated heterocycles. The summed E-state index contributed by atoms with van der Waals surface area (Å²) in [4.78, 5) is 2.63. The highest BCUT2D eigenvalue weighted by Gasteiger charge is 2.21. The Morgan fingerprint density at radius 2 is 1.70 bits per heavy atom. The van der Waals surface area contributed by atoms with Gasteiger partial charge >= 0.3 is 0 Å². The first-order valence-electron chi connectivity index (χ1n) is 10.1. The molecule has 0 amide bonds. The molecule has 2 nitrogen and oxygen atoms in total. The summed E-state index contributed by atoms with van der Waals surface area (Å²) in [5.41, 5.74) is 5.76. The van der Waals surface area contributed by atoms with Crippen molar-refractivity contribution >= 4 is 11.1 Å². The molecular weight excluding hydrogens is 330 g/mol. The largest absolute Gasteiger partial charge is 0.497 e. The Balaban J connectivity index is 1.34. The normalized spacial score (nSPS) is 20.7. The highest BCUT2D eigenvalue weighted by atomic mass is 16.5. The Kier molecular flexibility index (Phi) is 5.74. The molecule has 0 aromatic heterocycles. The molecule has 0 N–H and O–H groups in total. The first kappa shape index (κ1) is 18.1. The fourth-order valence-corrected chi connectivity index (χ4v) is 4.34. The van der Waals surface area contributed by atoms with Gasteiger partial charge in [0.2, 0.25) is 0 Å². The molecule has 0 saturated carbocycles. The standard InChI is InChI=1S/C25H29NO/c1-27-25-12-10-22(11-13-25)24-9-5-6-20(18-24)19-26-16-14-23(15-17-26)21-7-3-2-4-8-21/h2-4,7-14,20H,5-6,15-19H2,1H3. The van der Waals surface area contributed by atoms with Gasteiger partial charge in [-0.1, -0.05) is 54.6 Å². The van der Waals surface area contributed by atoms with E-state index in [-0.39, 0.29) is 0 Å². The SMILES string of the molecule is COc1ccc(C2=CCCC(CN3CC=C(c4ccccc4)CC3)C2)cc1. The molecular formula is C25H29NO. The van der Waals surface area contributed by atoms with Crippen molar-refractivity contribution < 1.29 is 4.74 Å². The Hall–Kier alpha value is -2.32. The van der Waals surface area contributed by atoms with Crippen LogP contribution < -0.4 is 4.74 Å². The minimum Gasteiger partial charge on any atom is -0.497 e. The summed E-state index contributed by atoms with van der Waals surface area (Å²) in [5, 5.41) is 0. The highest BCUT2D eigenvalue weighted by molar-refractivity contribution is 5.67.